The number of hydrogen-bond acceptors (Lipinski definition) is 6. The molecule has 0 saturated heterocycles. The van der Waals surface area contributed by atoms with Crippen LogP contribution >= 0.6 is 0 Å². The summed E-state index contributed by atoms with van der Waals surface area (Å²) < 4.78 is 20.0. The van der Waals surface area contributed by atoms with E-state index >= 15 is 0 Å². The summed E-state index contributed by atoms with van der Waals surface area (Å²) in [5.41, 5.74) is 2.00. The number of aliphatic imine (C=N–C) groups is 1. The van der Waals surface area contributed by atoms with Crippen molar-refractivity contribution < 1.29 is 28.6 Å². The fourth-order valence-electron chi connectivity index (χ4n) is 3.09. The van der Waals surface area contributed by atoms with E-state index in [4.69, 9.17) is 9.84 Å². The molecule has 37 heavy (non-hydrogen) atoms. The van der Waals surface area contributed by atoms with Crippen molar-refractivity contribution in [1.29, 1.82) is 0 Å². The van der Waals surface area contributed by atoms with E-state index in [9.17, 15) is 18.8 Å². The van der Waals surface area contributed by atoms with Gasteiger partial charge in [-0.1, -0.05) is 29.8 Å². The summed E-state index contributed by atoms with van der Waals surface area (Å²) in [6.45, 7) is 5.61. The van der Waals surface area contributed by atoms with E-state index in [0.717, 1.165) is 17.2 Å². The second-order valence-electron chi connectivity index (χ2n) is 8.61. The quantitative estimate of drug-likeness (QED) is 0.241. The lowest BCUT2D eigenvalue weighted by molar-refractivity contribution is -0.121. The third-order valence-corrected chi connectivity index (χ3v) is 5.06. The van der Waals surface area contributed by atoms with Crippen LogP contribution in [0.2, 0.25) is 0 Å². The molecule has 3 N–H and O–H groups in total. The lowest BCUT2D eigenvalue weighted by atomic mass is 10.1. The molecular weight excluding hydrogens is 481 g/mol. The van der Waals surface area contributed by atoms with Gasteiger partial charge in [0.1, 0.15) is 0 Å². The molecule has 0 heterocycles. The molecule has 0 bridgehead atoms. The van der Waals surface area contributed by atoms with Crippen LogP contribution in [0.4, 0.5) is 14.9 Å². The number of hydrogen-bond donors (Lipinski definition) is 3. The summed E-state index contributed by atoms with van der Waals surface area (Å²) in [4.78, 5) is 43.5. The number of nitrogens with zero attached hydrogens (tertiary/aromatic N) is 3. The van der Waals surface area contributed by atoms with Gasteiger partial charge in [-0.25, -0.2) is 14.2 Å². The minimum absolute atomic E-state index is 0.0136. The largest absolute Gasteiger partial charge is 0.488 e. The zero-order valence-corrected chi connectivity index (χ0v) is 21.5. The third-order valence-electron chi connectivity index (χ3n) is 5.06. The molecule has 11 heteroatoms. The third kappa shape index (κ3) is 9.88. The smallest absolute Gasteiger partial charge is 0.323 e. The molecule has 0 unspecified atom stereocenters. The molecule has 0 spiro atoms. The van der Waals surface area contributed by atoms with Crippen LogP contribution in [0, 0.1) is 12.7 Å². The Labute approximate surface area is 216 Å². The van der Waals surface area contributed by atoms with Crippen LogP contribution in [0.5, 0.6) is 5.75 Å². The highest BCUT2D eigenvalue weighted by atomic mass is 19.1. The summed E-state index contributed by atoms with van der Waals surface area (Å²) in [5, 5.41) is 13.9. The number of carbonyl (C=O) groups excluding carboxylic acids is 3. The number of guanidine groups is 1. The molecule has 2 rings (SSSR count). The minimum atomic E-state index is -0.636. The van der Waals surface area contributed by atoms with Crippen molar-refractivity contribution in [2.45, 2.75) is 39.8 Å². The number of halogens is 1. The van der Waals surface area contributed by atoms with E-state index in [1.54, 1.807) is 13.8 Å². The molecule has 0 atom stereocenters. The number of aryl methyl sites for hydroxylation is 1. The number of aliphatic hydroxyl groups excluding tert-OH is 1. The van der Waals surface area contributed by atoms with Crippen LogP contribution in [-0.4, -0.2) is 72.1 Å². The lowest BCUT2D eigenvalue weighted by Crippen LogP contribution is -2.48. The van der Waals surface area contributed by atoms with Crippen molar-refractivity contribution in [3.8, 4) is 5.75 Å². The van der Waals surface area contributed by atoms with Crippen LogP contribution < -0.4 is 15.4 Å². The molecule has 0 saturated carbocycles. The molecule has 2 aromatic carbocycles. The summed E-state index contributed by atoms with van der Waals surface area (Å²) in [5.74, 6) is -1.02. The fraction of sp³-hybridized carbons (Fsp3) is 0.385. The Morgan fingerprint density at radius 1 is 1.19 bits per heavy atom. The van der Waals surface area contributed by atoms with Crippen molar-refractivity contribution in [1.82, 2.24) is 20.4 Å². The maximum Gasteiger partial charge on any atom is 0.323 e. The van der Waals surface area contributed by atoms with Gasteiger partial charge >= 0.3 is 6.03 Å². The number of ether oxygens (including phenoxy) is 1. The first-order valence-electron chi connectivity index (χ1n) is 11.8. The topological polar surface area (TPSA) is 124 Å². The van der Waals surface area contributed by atoms with Gasteiger partial charge in [0.2, 0.25) is 18.3 Å². The number of rotatable bonds is 11. The second-order valence-corrected chi connectivity index (χ2v) is 8.61. The Balaban J connectivity index is 2.28. The number of urea groups is 1. The zero-order valence-electron chi connectivity index (χ0n) is 21.5. The SMILES string of the molecule is Cc1ccc(CN(C=O)C(=Nc2ccc(OC(C)C)c(F)c2)NC(=O)N(C)CCC(=O)NCCO)cc1. The van der Waals surface area contributed by atoms with Crippen molar-refractivity contribution >= 4 is 30.0 Å². The predicted molar refractivity (Wildman–Crippen MR) is 138 cm³/mol. The second kappa shape index (κ2) is 14.5. The Bertz CT molecular complexity index is 1090. The van der Waals surface area contributed by atoms with Gasteiger partial charge in [-0.15, -0.1) is 0 Å². The van der Waals surface area contributed by atoms with Crippen molar-refractivity contribution in [2.24, 2.45) is 4.99 Å². The normalized spacial score (nSPS) is 11.2. The summed E-state index contributed by atoms with van der Waals surface area (Å²) in [7, 11) is 1.48. The molecule has 0 aliphatic rings. The van der Waals surface area contributed by atoms with Crippen LogP contribution in [0.15, 0.2) is 47.5 Å². The van der Waals surface area contributed by atoms with Gasteiger partial charge in [0.15, 0.2) is 11.6 Å². The molecule has 0 aliphatic heterocycles. The number of aliphatic hydroxyl groups is 1. The van der Waals surface area contributed by atoms with E-state index in [0.29, 0.717) is 6.41 Å². The van der Waals surface area contributed by atoms with Crippen LogP contribution in [-0.2, 0) is 16.1 Å². The van der Waals surface area contributed by atoms with Crippen molar-refractivity contribution in [2.75, 3.05) is 26.7 Å². The first-order chi connectivity index (χ1) is 17.6. The molecule has 0 fully saturated rings. The van der Waals surface area contributed by atoms with E-state index in [2.05, 4.69) is 15.6 Å². The highest BCUT2D eigenvalue weighted by Crippen LogP contribution is 2.24. The highest BCUT2D eigenvalue weighted by Gasteiger charge is 2.19. The van der Waals surface area contributed by atoms with Gasteiger partial charge in [-0.2, -0.15) is 0 Å². The molecule has 200 valence electrons. The predicted octanol–water partition coefficient (Wildman–Crippen LogP) is 2.71. The first-order valence-corrected chi connectivity index (χ1v) is 11.8. The van der Waals surface area contributed by atoms with E-state index < -0.39 is 11.8 Å². The Hall–Kier alpha value is -3.99. The zero-order chi connectivity index (χ0) is 27.4. The van der Waals surface area contributed by atoms with Crippen molar-refractivity contribution in [3.05, 3.63) is 59.4 Å². The standard InChI is InChI=1S/C26H34FN5O5/c1-18(2)37-23-10-9-21(15-22(23)27)29-25(32(17-34)16-20-7-5-19(3)6-8-20)30-26(36)31(4)13-11-24(35)28-12-14-33/h5-10,15,17-18,33H,11-14,16H2,1-4H3,(H,28,35)(H,29,30,36). The fourth-order valence-corrected chi connectivity index (χ4v) is 3.09. The summed E-state index contributed by atoms with van der Waals surface area (Å²) in [6.07, 6.45) is 0.313. The van der Waals surface area contributed by atoms with Crippen LogP contribution in [0.25, 0.3) is 0 Å². The Morgan fingerprint density at radius 2 is 1.89 bits per heavy atom. The first kappa shape index (κ1) is 29.2. The molecule has 0 aromatic heterocycles. The molecule has 2 aromatic rings. The maximum atomic E-state index is 14.6. The Morgan fingerprint density at radius 3 is 2.49 bits per heavy atom. The van der Waals surface area contributed by atoms with Gasteiger partial charge < -0.3 is 20.1 Å². The van der Waals surface area contributed by atoms with Crippen molar-refractivity contribution in [3.63, 3.8) is 0 Å². The molecule has 10 nitrogen and oxygen atoms in total. The van der Waals surface area contributed by atoms with Gasteiger partial charge in [-0.05, 0) is 38.5 Å². The Kier molecular flexibility index (Phi) is 11.5. The monoisotopic (exact) mass is 515 g/mol. The average molecular weight is 516 g/mol. The minimum Gasteiger partial charge on any atom is -0.488 e. The molecule has 0 radical (unpaired) electrons. The van der Waals surface area contributed by atoms with E-state index in [-0.39, 0.29) is 62.1 Å². The van der Waals surface area contributed by atoms with E-state index in [1.165, 1.54) is 29.0 Å². The molecule has 0 aliphatic carbocycles. The van der Waals surface area contributed by atoms with Gasteiger partial charge in [0.25, 0.3) is 0 Å². The lowest BCUT2D eigenvalue weighted by Gasteiger charge is -2.23. The van der Waals surface area contributed by atoms with Gasteiger partial charge in [-0.3, -0.25) is 19.8 Å². The summed E-state index contributed by atoms with van der Waals surface area (Å²) in [6, 6.07) is 10.9. The van der Waals surface area contributed by atoms with Gasteiger partial charge in [0, 0.05) is 32.6 Å². The maximum absolute atomic E-state index is 14.6. The number of carbonyl (C=O) groups is 3. The van der Waals surface area contributed by atoms with E-state index in [1.807, 2.05) is 31.2 Å². The number of benzene rings is 2. The number of nitrogens with one attached hydrogen (secondary N) is 2. The highest BCUT2D eigenvalue weighted by molar-refractivity contribution is 6.01. The molecule has 4 amide bonds. The number of amides is 4. The van der Waals surface area contributed by atoms with Crippen LogP contribution in [0.3, 0.4) is 0 Å². The summed E-state index contributed by atoms with van der Waals surface area (Å²) >= 11 is 0. The van der Waals surface area contributed by atoms with Crippen LogP contribution in [0.1, 0.15) is 31.4 Å². The van der Waals surface area contributed by atoms with Gasteiger partial charge in [0.05, 0.1) is 24.9 Å². The average Bonchev–Trinajstić information content (AvgIpc) is 2.86. The molecular formula is C26H34FN5O5.